The van der Waals surface area contributed by atoms with Crippen molar-refractivity contribution in [2.45, 2.75) is 38.5 Å². The van der Waals surface area contributed by atoms with Crippen molar-refractivity contribution in [2.24, 2.45) is 23.7 Å². The van der Waals surface area contributed by atoms with E-state index in [4.69, 9.17) is 9.47 Å². The van der Waals surface area contributed by atoms with E-state index in [1.807, 2.05) is 25.1 Å². The highest BCUT2D eigenvalue weighted by molar-refractivity contribution is 6.03. The van der Waals surface area contributed by atoms with Gasteiger partial charge in [0, 0.05) is 30.2 Å². The van der Waals surface area contributed by atoms with E-state index in [0.29, 0.717) is 44.1 Å². The van der Waals surface area contributed by atoms with Crippen molar-refractivity contribution in [3.8, 4) is 5.75 Å². The molecule has 1 saturated carbocycles. The number of H-pyrrole nitrogens is 1. The Labute approximate surface area is 190 Å². The molecule has 2 N–H and O–H groups in total. The van der Waals surface area contributed by atoms with Crippen LogP contribution in [0.4, 0.5) is 18.9 Å². The van der Waals surface area contributed by atoms with Crippen molar-refractivity contribution < 1.29 is 27.4 Å². The fraction of sp³-hybridized carbons (Fsp3) is 0.625. The van der Waals surface area contributed by atoms with E-state index < -0.39 is 12.7 Å². The SMILES string of the molecule is C[C@H]1OC[C@H]1C(=O)Nc1c[nH]c2ccc(OCCC3C[C@@H]4CN(CC(F)(F)F)C[C@@H]4C3)cc12. The van der Waals surface area contributed by atoms with Crippen molar-refractivity contribution in [2.75, 3.05) is 38.2 Å². The summed E-state index contributed by atoms with van der Waals surface area (Å²) >= 11 is 0. The number of halogens is 3. The predicted octanol–water partition coefficient (Wildman–Crippen LogP) is 4.43. The summed E-state index contributed by atoms with van der Waals surface area (Å²) in [4.78, 5) is 17.2. The van der Waals surface area contributed by atoms with Crippen LogP contribution in [0, 0.1) is 23.7 Å². The van der Waals surface area contributed by atoms with Gasteiger partial charge < -0.3 is 19.8 Å². The minimum Gasteiger partial charge on any atom is -0.494 e. The highest BCUT2D eigenvalue weighted by Crippen LogP contribution is 2.43. The van der Waals surface area contributed by atoms with Gasteiger partial charge in [0.1, 0.15) is 5.75 Å². The number of fused-ring (bicyclic) bond motifs is 2. The molecular weight excluding hydrogens is 435 g/mol. The van der Waals surface area contributed by atoms with E-state index in [-0.39, 0.29) is 17.9 Å². The Kier molecular flexibility index (Phi) is 6.03. The molecule has 3 aliphatic rings. The molecule has 2 aliphatic heterocycles. The average Bonchev–Trinajstić information content (AvgIpc) is 3.39. The number of carbonyl (C=O) groups excluding carboxylic acids is 1. The van der Waals surface area contributed by atoms with Crippen LogP contribution in [0.1, 0.15) is 26.2 Å². The van der Waals surface area contributed by atoms with E-state index in [0.717, 1.165) is 41.6 Å². The molecule has 1 aromatic carbocycles. The van der Waals surface area contributed by atoms with Crippen LogP contribution in [0.25, 0.3) is 10.9 Å². The minimum atomic E-state index is -4.11. The van der Waals surface area contributed by atoms with Gasteiger partial charge in [-0.25, -0.2) is 0 Å². The van der Waals surface area contributed by atoms with Gasteiger partial charge in [-0.05, 0) is 62.1 Å². The number of nitrogens with zero attached hydrogens (tertiary/aromatic N) is 1. The van der Waals surface area contributed by atoms with E-state index in [1.165, 1.54) is 0 Å². The van der Waals surface area contributed by atoms with Gasteiger partial charge in [-0.1, -0.05) is 0 Å². The predicted molar refractivity (Wildman–Crippen MR) is 118 cm³/mol. The Morgan fingerprint density at radius 2 is 2.03 bits per heavy atom. The largest absolute Gasteiger partial charge is 0.494 e. The lowest BCUT2D eigenvalue weighted by atomic mass is 9.98. The van der Waals surface area contributed by atoms with Crippen LogP contribution in [0.2, 0.25) is 0 Å². The van der Waals surface area contributed by atoms with Crippen LogP contribution >= 0.6 is 0 Å². The summed E-state index contributed by atoms with van der Waals surface area (Å²) in [5, 5.41) is 3.88. The maximum atomic E-state index is 12.6. The number of alkyl halides is 3. The molecule has 3 heterocycles. The van der Waals surface area contributed by atoms with Crippen molar-refractivity contribution in [3.63, 3.8) is 0 Å². The number of hydrogen-bond donors (Lipinski definition) is 2. The Morgan fingerprint density at radius 3 is 2.67 bits per heavy atom. The van der Waals surface area contributed by atoms with Crippen molar-refractivity contribution >= 4 is 22.5 Å². The second-order valence-electron chi connectivity index (χ2n) is 9.85. The summed E-state index contributed by atoms with van der Waals surface area (Å²) in [5.74, 6) is 1.84. The van der Waals surface area contributed by atoms with Crippen molar-refractivity contribution in [3.05, 3.63) is 24.4 Å². The number of likely N-dealkylation sites (tertiary alicyclic amines) is 1. The van der Waals surface area contributed by atoms with Gasteiger partial charge >= 0.3 is 6.18 Å². The molecule has 0 bridgehead atoms. The molecule has 1 amide bonds. The summed E-state index contributed by atoms with van der Waals surface area (Å²) in [5.41, 5.74) is 1.65. The fourth-order valence-corrected chi connectivity index (χ4v) is 5.68. The molecule has 6 nitrogen and oxygen atoms in total. The Morgan fingerprint density at radius 1 is 1.27 bits per heavy atom. The molecular formula is C24H30F3N3O3. The number of ether oxygens (including phenoxy) is 2. The summed E-state index contributed by atoms with van der Waals surface area (Å²) in [6.07, 6.45) is 0.490. The van der Waals surface area contributed by atoms with E-state index in [1.54, 1.807) is 11.1 Å². The normalized spacial score (nSPS) is 29.8. The van der Waals surface area contributed by atoms with Gasteiger partial charge in [0.15, 0.2) is 0 Å². The lowest BCUT2D eigenvalue weighted by molar-refractivity contribution is -0.147. The number of amides is 1. The minimum absolute atomic E-state index is 0.0402. The van der Waals surface area contributed by atoms with Crippen molar-refractivity contribution in [1.29, 1.82) is 0 Å². The summed E-state index contributed by atoms with van der Waals surface area (Å²) in [6.45, 7) is 3.26. The number of benzene rings is 1. The molecule has 5 atom stereocenters. The number of carbonyl (C=O) groups is 1. The number of rotatable bonds is 7. The molecule has 2 saturated heterocycles. The third kappa shape index (κ3) is 4.99. The van der Waals surface area contributed by atoms with Crippen LogP contribution in [-0.2, 0) is 9.53 Å². The molecule has 1 aliphatic carbocycles. The monoisotopic (exact) mass is 465 g/mol. The van der Waals surface area contributed by atoms with E-state index in [9.17, 15) is 18.0 Å². The first-order valence-corrected chi connectivity index (χ1v) is 11.7. The molecule has 0 radical (unpaired) electrons. The topological polar surface area (TPSA) is 66.6 Å². The lowest BCUT2D eigenvalue weighted by Crippen LogP contribution is -2.45. The smallest absolute Gasteiger partial charge is 0.401 e. The highest BCUT2D eigenvalue weighted by atomic mass is 19.4. The average molecular weight is 466 g/mol. The van der Waals surface area contributed by atoms with Crippen LogP contribution < -0.4 is 10.1 Å². The first-order valence-electron chi connectivity index (χ1n) is 11.7. The maximum Gasteiger partial charge on any atom is 0.401 e. The second-order valence-corrected chi connectivity index (χ2v) is 9.85. The quantitative estimate of drug-likeness (QED) is 0.635. The molecule has 1 unspecified atom stereocenters. The summed E-state index contributed by atoms with van der Waals surface area (Å²) in [7, 11) is 0. The number of aromatic nitrogens is 1. The van der Waals surface area contributed by atoms with E-state index in [2.05, 4.69) is 10.3 Å². The number of nitrogens with one attached hydrogen (secondary N) is 2. The van der Waals surface area contributed by atoms with Gasteiger partial charge in [0.05, 0.1) is 37.5 Å². The molecule has 5 rings (SSSR count). The zero-order chi connectivity index (χ0) is 23.2. The summed E-state index contributed by atoms with van der Waals surface area (Å²) in [6, 6.07) is 5.77. The Bertz CT molecular complexity index is 994. The number of anilines is 1. The number of hydrogen-bond acceptors (Lipinski definition) is 4. The van der Waals surface area contributed by atoms with Crippen molar-refractivity contribution in [1.82, 2.24) is 9.88 Å². The molecule has 3 fully saturated rings. The van der Waals surface area contributed by atoms with Crippen LogP contribution in [0.3, 0.4) is 0 Å². The molecule has 180 valence electrons. The van der Waals surface area contributed by atoms with Gasteiger partial charge in [-0.15, -0.1) is 0 Å². The zero-order valence-corrected chi connectivity index (χ0v) is 18.7. The highest BCUT2D eigenvalue weighted by Gasteiger charge is 2.43. The fourth-order valence-electron chi connectivity index (χ4n) is 5.68. The molecule has 33 heavy (non-hydrogen) atoms. The third-order valence-electron chi connectivity index (χ3n) is 7.48. The number of aromatic amines is 1. The Balaban J connectivity index is 1.11. The molecule has 2 aromatic rings. The van der Waals surface area contributed by atoms with Crippen LogP contribution in [0.15, 0.2) is 24.4 Å². The van der Waals surface area contributed by atoms with Crippen LogP contribution in [0.5, 0.6) is 5.75 Å². The van der Waals surface area contributed by atoms with E-state index >= 15 is 0 Å². The van der Waals surface area contributed by atoms with Crippen LogP contribution in [-0.4, -0.2) is 60.9 Å². The first-order chi connectivity index (χ1) is 15.7. The van der Waals surface area contributed by atoms with Gasteiger partial charge in [0.2, 0.25) is 5.91 Å². The molecule has 1 aromatic heterocycles. The maximum absolute atomic E-state index is 12.6. The second kappa shape index (κ2) is 8.83. The first kappa shape index (κ1) is 22.5. The molecule has 0 spiro atoms. The zero-order valence-electron chi connectivity index (χ0n) is 18.7. The Hall–Kier alpha value is -2.26. The third-order valence-corrected chi connectivity index (χ3v) is 7.48. The van der Waals surface area contributed by atoms with Gasteiger partial charge in [-0.3, -0.25) is 9.69 Å². The molecule has 9 heteroatoms. The summed E-state index contributed by atoms with van der Waals surface area (Å²) < 4.78 is 49.2. The van der Waals surface area contributed by atoms with Gasteiger partial charge in [0.25, 0.3) is 0 Å². The van der Waals surface area contributed by atoms with Gasteiger partial charge in [-0.2, -0.15) is 13.2 Å². The standard InChI is InChI=1S/C24H30F3N3O3/c1-14-20(12-33-14)23(31)29-22-9-28-21-3-2-18(8-19(21)22)32-5-4-15-6-16-10-30(11-17(16)7-15)13-24(25,26)27/h2-3,8-9,14-17,20,28H,4-7,10-13H2,1H3,(H,29,31)/t14-,15?,16-,17+,20-/m1/s1. The lowest BCUT2D eigenvalue weighted by Gasteiger charge is -2.32.